The molecule has 13 nitrogen and oxygen atoms in total. The zero-order chi connectivity index (χ0) is 32.3. The number of sulfone groups is 1. The highest BCUT2D eigenvalue weighted by molar-refractivity contribution is 7.91. The molecule has 0 unspecified atom stereocenters. The van der Waals surface area contributed by atoms with E-state index in [9.17, 15) is 34.8 Å². The van der Waals surface area contributed by atoms with Crippen molar-refractivity contribution in [2.24, 2.45) is 0 Å². The maximum atomic E-state index is 12.4. The zero-order valence-corrected chi connectivity index (χ0v) is 23.2. The molecule has 0 radical (unpaired) electrons. The monoisotopic (exact) mass is 649 g/mol. The number of hydrogen-bond donors (Lipinski definition) is 1. The molecule has 1 aliphatic rings. The molecule has 3 aromatic heterocycles. The predicted octanol–water partition coefficient (Wildman–Crippen LogP) is 3.51. The van der Waals surface area contributed by atoms with Crippen LogP contribution in [-0.2, 0) is 21.2 Å². The van der Waals surface area contributed by atoms with Gasteiger partial charge in [-0.05, 0) is 48.9 Å². The number of carbonyl (C=O) groups is 1. The van der Waals surface area contributed by atoms with Crippen molar-refractivity contribution in [3.8, 4) is 28.9 Å². The highest BCUT2D eigenvalue weighted by Gasteiger charge is 2.38. The lowest BCUT2D eigenvalue weighted by atomic mass is 10.2. The molecule has 20 heteroatoms. The van der Waals surface area contributed by atoms with Crippen LogP contribution in [0.1, 0.15) is 11.4 Å². The van der Waals surface area contributed by atoms with E-state index in [1.165, 1.54) is 12.1 Å². The third-order valence-electron chi connectivity index (χ3n) is 5.87. The first-order valence-corrected chi connectivity index (χ1v) is 14.1. The summed E-state index contributed by atoms with van der Waals surface area (Å²) in [6.45, 7) is 2.93. The summed E-state index contributed by atoms with van der Waals surface area (Å²) in [6, 6.07) is 8.79. The fourth-order valence-electron chi connectivity index (χ4n) is 3.74. The van der Waals surface area contributed by atoms with Crippen LogP contribution in [0, 0.1) is 6.92 Å². The van der Waals surface area contributed by atoms with Gasteiger partial charge >= 0.3 is 18.5 Å². The van der Waals surface area contributed by atoms with E-state index in [4.69, 9.17) is 14.4 Å². The largest absolute Gasteiger partial charge is 0.573 e. The molecule has 0 atom stereocenters. The number of pyridine rings is 1. The molecule has 0 spiro atoms. The molecule has 44 heavy (non-hydrogen) atoms. The fourth-order valence-corrected chi connectivity index (χ4v) is 4.95. The second-order valence-corrected chi connectivity index (χ2v) is 11.4. The number of hydrogen-bond acceptors (Lipinski definition) is 11. The Morgan fingerprint density at radius 3 is 2.25 bits per heavy atom. The second-order valence-electron chi connectivity index (χ2n) is 9.10. The van der Waals surface area contributed by atoms with Crippen molar-refractivity contribution in [1.29, 1.82) is 0 Å². The van der Waals surface area contributed by atoms with Gasteiger partial charge < -0.3 is 19.3 Å². The van der Waals surface area contributed by atoms with Crippen molar-refractivity contribution in [2.75, 3.05) is 29.5 Å². The molecular weight excluding hydrogens is 628 g/mol. The smallest absolute Gasteiger partial charge is 0.475 e. The summed E-state index contributed by atoms with van der Waals surface area (Å²) in [5.74, 6) is -1.23. The van der Waals surface area contributed by atoms with E-state index in [-0.39, 0.29) is 34.8 Å². The van der Waals surface area contributed by atoms with Gasteiger partial charge in [0.1, 0.15) is 17.4 Å². The lowest BCUT2D eigenvalue weighted by molar-refractivity contribution is -0.274. The zero-order valence-electron chi connectivity index (χ0n) is 22.4. The van der Waals surface area contributed by atoms with Crippen LogP contribution in [0.3, 0.4) is 0 Å². The topological polar surface area (TPSA) is 166 Å². The second kappa shape index (κ2) is 12.5. The number of aryl methyl sites for hydroxylation is 1. The minimum Gasteiger partial charge on any atom is -0.475 e. The highest BCUT2D eigenvalue weighted by atomic mass is 32.2. The van der Waals surface area contributed by atoms with Crippen LogP contribution < -0.4 is 9.64 Å². The Morgan fingerprint density at radius 1 is 1.02 bits per heavy atom. The molecule has 4 heterocycles. The van der Waals surface area contributed by atoms with Crippen LogP contribution >= 0.6 is 0 Å². The number of nitrogens with zero attached hydrogens (tertiary/aromatic N) is 7. The van der Waals surface area contributed by atoms with Crippen molar-refractivity contribution >= 4 is 21.6 Å². The first kappa shape index (κ1) is 32.2. The first-order valence-electron chi connectivity index (χ1n) is 12.3. The number of carboxylic acid groups (broad SMARTS) is 1. The number of carboxylic acids is 1. The maximum Gasteiger partial charge on any atom is 0.573 e. The Bertz CT molecular complexity index is 1710. The van der Waals surface area contributed by atoms with Crippen LogP contribution in [0.4, 0.5) is 32.2 Å². The van der Waals surface area contributed by atoms with E-state index in [1.807, 2.05) is 17.0 Å². The molecule has 236 valence electrons. The summed E-state index contributed by atoms with van der Waals surface area (Å²) in [5.41, 5.74) is 1.32. The maximum absolute atomic E-state index is 12.4. The molecule has 1 aromatic carbocycles. The Labute approximate surface area is 244 Å². The van der Waals surface area contributed by atoms with Gasteiger partial charge in [-0.15, -0.1) is 18.3 Å². The number of halogens is 6. The lowest BCUT2D eigenvalue weighted by Gasteiger charge is -2.27. The number of aromatic nitrogens is 6. The first-order chi connectivity index (χ1) is 20.5. The third-order valence-corrected chi connectivity index (χ3v) is 7.48. The van der Waals surface area contributed by atoms with Crippen molar-refractivity contribution in [1.82, 2.24) is 29.9 Å². The van der Waals surface area contributed by atoms with E-state index in [0.717, 1.165) is 17.7 Å². The van der Waals surface area contributed by atoms with Crippen LogP contribution in [0.15, 0.2) is 47.1 Å². The number of rotatable bonds is 6. The standard InChI is InChI=1S/C22H20F3N7O4S.C2HF3O2/c1-14-27-20(21-28-19(30-36-21)16-2-4-17(5-3-16)35-22(23,24)25)29-32(14)13-15-6-7-26-18(12-15)31-8-10-37(33,34)11-9-31;3-2(4,5)1(6)7/h2-7,12H,8-11,13H2,1H3;(H,6,7). The highest BCUT2D eigenvalue weighted by Crippen LogP contribution is 2.26. The van der Waals surface area contributed by atoms with Crippen LogP contribution in [0.2, 0.25) is 0 Å². The Morgan fingerprint density at radius 2 is 1.66 bits per heavy atom. The van der Waals surface area contributed by atoms with Crippen molar-refractivity contribution in [3.63, 3.8) is 0 Å². The number of alkyl halides is 6. The third kappa shape index (κ3) is 8.64. The summed E-state index contributed by atoms with van der Waals surface area (Å²) >= 11 is 0. The molecular formula is C24H21F6N7O6S. The SMILES string of the molecule is Cc1nc(-c2nc(-c3ccc(OC(F)(F)F)cc3)no2)nn1Cc1ccnc(N2CCS(=O)(=O)CC2)c1.O=C(O)C(F)(F)F. The summed E-state index contributed by atoms with van der Waals surface area (Å²) < 4.78 is 103. The molecule has 1 N–H and O–H groups in total. The molecule has 1 saturated heterocycles. The minimum atomic E-state index is -5.08. The number of anilines is 1. The summed E-state index contributed by atoms with van der Waals surface area (Å²) in [5, 5.41) is 15.4. The summed E-state index contributed by atoms with van der Waals surface area (Å²) in [6.07, 6.45) is -8.20. The van der Waals surface area contributed by atoms with Crippen LogP contribution in [0.5, 0.6) is 5.75 Å². The van der Waals surface area contributed by atoms with Gasteiger partial charge in [0.05, 0.1) is 18.1 Å². The van der Waals surface area contributed by atoms with Gasteiger partial charge in [0.15, 0.2) is 9.84 Å². The van der Waals surface area contributed by atoms with E-state index in [1.54, 1.807) is 17.8 Å². The summed E-state index contributed by atoms with van der Waals surface area (Å²) in [7, 11) is -2.99. The Balaban J connectivity index is 0.000000566. The van der Waals surface area contributed by atoms with E-state index in [0.29, 0.717) is 36.8 Å². The predicted molar refractivity (Wildman–Crippen MR) is 138 cm³/mol. The Kier molecular flexibility index (Phi) is 9.11. The van der Waals surface area contributed by atoms with E-state index >= 15 is 0 Å². The van der Waals surface area contributed by atoms with E-state index in [2.05, 4.69) is 29.9 Å². The van der Waals surface area contributed by atoms with Gasteiger partial charge in [-0.3, -0.25) is 0 Å². The van der Waals surface area contributed by atoms with Gasteiger partial charge in [0.2, 0.25) is 11.6 Å². The lowest BCUT2D eigenvalue weighted by Crippen LogP contribution is -2.40. The molecule has 0 aliphatic carbocycles. The van der Waals surface area contributed by atoms with Crippen molar-refractivity contribution < 1.29 is 53.9 Å². The quantitative estimate of drug-likeness (QED) is 0.303. The van der Waals surface area contributed by atoms with Gasteiger partial charge in [-0.2, -0.15) is 18.2 Å². The number of aliphatic carboxylic acids is 1. The van der Waals surface area contributed by atoms with E-state index < -0.39 is 28.3 Å². The average molecular weight is 650 g/mol. The Hall–Kier alpha value is -4.75. The number of benzene rings is 1. The minimum absolute atomic E-state index is 0.0532. The van der Waals surface area contributed by atoms with Gasteiger partial charge in [0, 0.05) is 24.8 Å². The van der Waals surface area contributed by atoms with Gasteiger partial charge in [0.25, 0.3) is 5.89 Å². The summed E-state index contributed by atoms with van der Waals surface area (Å²) in [4.78, 5) is 23.8. The molecule has 1 aliphatic heterocycles. The molecule has 0 bridgehead atoms. The molecule has 0 amide bonds. The average Bonchev–Trinajstić information content (AvgIpc) is 3.55. The normalized spacial score (nSPS) is 14.9. The van der Waals surface area contributed by atoms with Crippen molar-refractivity contribution in [3.05, 3.63) is 54.0 Å². The molecule has 1 fully saturated rings. The van der Waals surface area contributed by atoms with Crippen LogP contribution in [0.25, 0.3) is 23.1 Å². The fraction of sp³-hybridized carbons (Fsp3) is 0.333. The van der Waals surface area contributed by atoms with Gasteiger partial charge in [-0.1, -0.05) is 5.16 Å². The molecule has 4 aromatic rings. The molecule has 5 rings (SSSR count). The molecule has 0 saturated carbocycles. The number of ether oxygens (including phenoxy) is 1. The van der Waals surface area contributed by atoms with Gasteiger partial charge in [-0.25, -0.2) is 27.9 Å². The van der Waals surface area contributed by atoms with Crippen LogP contribution in [-0.4, -0.2) is 86.5 Å². The van der Waals surface area contributed by atoms with Crippen molar-refractivity contribution in [2.45, 2.75) is 26.0 Å².